The fourth-order valence-corrected chi connectivity index (χ4v) is 1.41. The molecule has 0 aromatic rings. The number of rotatable bonds is 2. The van der Waals surface area contributed by atoms with Crippen molar-refractivity contribution in [1.29, 1.82) is 0 Å². The molecule has 0 saturated carbocycles. The minimum Gasteiger partial charge on any atom is -0.379 e. The number of ether oxygens (including phenoxy) is 1. The van der Waals surface area contributed by atoms with Crippen molar-refractivity contribution in [3.63, 3.8) is 0 Å². The lowest BCUT2D eigenvalue weighted by atomic mass is 9.87. The number of morpholine rings is 1. The molecule has 2 radical (unpaired) electrons. The van der Waals surface area contributed by atoms with Crippen molar-refractivity contribution >= 4 is 20.5 Å². The molecule has 0 bridgehead atoms. The lowest BCUT2D eigenvalue weighted by Gasteiger charge is -2.32. The lowest BCUT2D eigenvalue weighted by molar-refractivity contribution is 0.0374. The zero-order valence-corrected chi connectivity index (χ0v) is 7.81. The minimum atomic E-state index is -0.378. The van der Waals surface area contributed by atoms with Crippen LogP contribution in [0.25, 0.3) is 0 Å². The highest BCUT2D eigenvalue weighted by molar-refractivity contribution is 7.83. The molecule has 0 spiro atoms. The SMILES string of the molecule is [B]C(C)(S)CN1CCOCC1. The molecular weight excluding hydrogens is 157 g/mol. The molecule has 1 aliphatic heterocycles. The molecule has 0 amide bonds. The van der Waals surface area contributed by atoms with Gasteiger partial charge in [0.15, 0.2) is 0 Å². The first-order chi connectivity index (χ1) is 5.08. The molecule has 0 aromatic heterocycles. The predicted octanol–water partition coefficient (Wildman–Crippen LogP) is 0.133. The van der Waals surface area contributed by atoms with E-state index in [0.717, 1.165) is 32.8 Å². The van der Waals surface area contributed by atoms with Crippen LogP contribution in [-0.4, -0.2) is 50.2 Å². The van der Waals surface area contributed by atoms with Gasteiger partial charge in [-0.3, -0.25) is 4.90 Å². The topological polar surface area (TPSA) is 12.5 Å². The van der Waals surface area contributed by atoms with E-state index in [0.29, 0.717) is 0 Å². The van der Waals surface area contributed by atoms with Gasteiger partial charge < -0.3 is 4.74 Å². The van der Waals surface area contributed by atoms with E-state index < -0.39 is 0 Å². The Kier molecular flexibility index (Phi) is 3.28. The first-order valence-corrected chi connectivity index (χ1v) is 4.34. The molecule has 1 atom stereocenters. The van der Waals surface area contributed by atoms with E-state index >= 15 is 0 Å². The zero-order chi connectivity index (χ0) is 8.32. The standard InChI is InChI=1S/C7H14BNOS/c1-7(8,11)6-9-2-4-10-5-3-9/h11H,2-6H2,1H3. The second-order valence-corrected chi connectivity index (χ2v) is 4.27. The summed E-state index contributed by atoms with van der Waals surface area (Å²) in [6, 6.07) is 0. The Hall–Kier alpha value is 0.335. The predicted molar refractivity (Wildman–Crippen MR) is 50.4 cm³/mol. The van der Waals surface area contributed by atoms with Crippen LogP contribution >= 0.6 is 12.6 Å². The Morgan fingerprint density at radius 1 is 1.55 bits per heavy atom. The molecule has 1 aliphatic rings. The van der Waals surface area contributed by atoms with Crippen LogP contribution in [0.15, 0.2) is 0 Å². The Bertz CT molecular complexity index is 120. The Balaban J connectivity index is 2.24. The third kappa shape index (κ3) is 4.04. The highest BCUT2D eigenvalue weighted by Gasteiger charge is 2.18. The zero-order valence-electron chi connectivity index (χ0n) is 6.92. The summed E-state index contributed by atoms with van der Waals surface area (Å²) in [7, 11) is 5.75. The van der Waals surface area contributed by atoms with Crippen LogP contribution in [-0.2, 0) is 4.74 Å². The van der Waals surface area contributed by atoms with Crippen molar-refractivity contribution in [1.82, 2.24) is 4.90 Å². The molecule has 11 heavy (non-hydrogen) atoms. The van der Waals surface area contributed by atoms with Crippen molar-refractivity contribution in [2.75, 3.05) is 32.8 Å². The Morgan fingerprint density at radius 3 is 2.55 bits per heavy atom. The van der Waals surface area contributed by atoms with Crippen molar-refractivity contribution in [3.8, 4) is 0 Å². The summed E-state index contributed by atoms with van der Waals surface area (Å²) in [5.74, 6) is 0. The second-order valence-electron chi connectivity index (χ2n) is 3.25. The highest BCUT2D eigenvalue weighted by Crippen LogP contribution is 2.10. The van der Waals surface area contributed by atoms with Crippen LogP contribution in [0.2, 0.25) is 0 Å². The van der Waals surface area contributed by atoms with Gasteiger partial charge in [0, 0.05) is 19.6 Å². The van der Waals surface area contributed by atoms with E-state index in [1.807, 2.05) is 6.92 Å². The van der Waals surface area contributed by atoms with Gasteiger partial charge in [-0.25, -0.2) is 0 Å². The second kappa shape index (κ2) is 3.83. The fourth-order valence-electron chi connectivity index (χ4n) is 1.21. The summed E-state index contributed by atoms with van der Waals surface area (Å²) in [4.78, 5) is 2.27. The molecule has 1 saturated heterocycles. The van der Waals surface area contributed by atoms with Crippen molar-refractivity contribution < 1.29 is 4.74 Å². The molecular formula is C7H14BNOS. The van der Waals surface area contributed by atoms with Gasteiger partial charge in [-0.05, 0) is 4.65 Å². The lowest BCUT2D eigenvalue weighted by Crippen LogP contribution is -2.43. The first-order valence-electron chi connectivity index (χ1n) is 3.89. The first kappa shape index (κ1) is 9.42. The van der Waals surface area contributed by atoms with Crippen LogP contribution in [0.1, 0.15) is 6.92 Å². The van der Waals surface area contributed by atoms with Gasteiger partial charge in [0.2, 0.25) is 0 Å². The van der Waals surface area contributed by atoms with E-state index in [4.69, 9.17) is 12.6 Å². The molecule has 1 unspecified atom stereocenters. The molecule has 1 heterocycles. The van der Waals surface area contributed by atoms with Crippen LogP contribution in [0.4, 0.5) is 0 Å². The molecule has 0 N–H and O–H groups in total. The highest BCUT2D eigenvalue weighted by atomic mass is 32.1. The van der Waals surface area contributed by atoms with Crippen molar-refractivity contribution in [3.05, 3.63) is 0 Å². The summed E-state index contributed by atoms with van der Waals surface area (Å²) in [6.45, 7) is 6.36. The van der Waals surface area contributed by atoms with Gasteiger partial charge in [0.05, 0.1) is 21.1 Å². The average Bonchev–Trinajstić information content (AvgIpc) is 1.85. The number of hydrogen-bond acceptors (Lipinski definition) is 3. The summed E-state index contributed by atoms with van der Waals surface area (Å²) >= 11 is 4.26. The van der Waals surface area contributed by atoms with Crippen LogP contribution < -0.4 is 0 Å². The van der Waals surface area contributed by atoms with E-state index in [-0.39, 0.29) is 4.65 Å². The molecule has 62 valence electrons. The molecule has 0 aliphatic carbocycles. The van der Waals surface area contributed by atoms with Gasteiger partial charge in [0.1, 0.15) is 0 Å². The largest absolute Gasteiger partial charge is 0.379 e. The maximum atomic E-state index is 5.75. The van der Waals surface area contributed by atoms with E-state index in [1.165, 1.54) is 0 Å². The van der Waals surface area contributed by atoms with E-state index in [1.54, 1.807) is 0 Å². The molecule has 1 fully saturated rings. The van der Waals surface area contributed by atoms with Crippen molar-refractivity contribution in [2.45, 2.75) is 11.6 Å². The average molecular weight is 171 g/mol. The van der Waals surface area contributed by atoms with Crippen LogP contribution in [0, 0.1) is 0 Å². The number of hydrogen-bond donors (Lipinski definition) is 1. The summed E-state index contributed by atoms with van der Waals surface area (Å²) < 4.78 is 4.83. The van der Waals surface area contributed by atoms with Gasteiger partial charge in [-0.15, -0.1) is 0 Å². The van der Waals surface area contributed by atoms with E-state index in [9.17, 15) is 0 Å². The number of nitrogens with zero attached hydrogens (tertiary/aromatic N) is 1. The smallest absolute Gasteiger partial charge is 0.0903 e. The van der Waals surface area contributed by atoms with E-state index in [2.05, 4.69) is 17.5 Å². The summed E-state index contributed by atoms with van der Waals surface area (Å²) in [5, 5.41) is 0. The van der Waals surface area contributed by atoms with Gasteiger partial charge in [-0.1, -0.05) is 6.92 Å². The van der Waals surface area contributed by atoms with Gasteiger partial charge in [0.25, 0.3) is 0 Å². The molecule has 0 aromatic carbocycles. The normalized spacial score (nSPS) is 26.4. The quantitative estimate of drug-likeness (QED) is 0.468. The maximum Gasteiger partial charge on any atom is 0.0903 e. The fraction of sp³-hybridized carbons (Fsp3) is 1.00. The third-order valence-corrected chi connectivity index (χ3v) is 1.79. The summed E-state index contributed by atoms with van der Waals surface area (Å²) in [5.41, 5.74) is 0. The third-order valence-electron chi connectivity index (χ3n) is 1.65. The maximum absolute atomic E-state index is 5.75. The van der Waals surface area contributed by atoms with Gasteiger partial charge in [-0.2, -0.15) is 12.6 Å². The van der Waals surface area contributed by atoms with Crippen LogP contribution in [0.3, 0.4) is 0 Å². The van der Waals surface area contributed by atoms with Gasteiger partial charge >= 0.3 is 0 Å². The summed E-state index contributed by atoms with van der Waals surface area (Å²) in [6.07, 6.45) is 0. The van der Waals surface area contributed by atoms with Crippen molar-refractivity contribution in [2.24, 2.45) is 0 Å². The minimum absolute atomic E-state index is 0.378. The Labute approximate surface area is 75.1 Å². The number of thiol groups is 1. The molecule has 1 rings (SSSR count). The molecule has 2 nitrogen and oxygen atoms in total. The Morgan fingerprint density at radius 2 is 2.09 bits per heavy atom. The monoisotopic (exact) mass is 171 g/mol. The van der Waals surface area contributed by atoms with Crippen LogP contribution in [0.5, 0.6) is 0 Å². The molecule has 4 heteroatoms.